The molecule has 0 aromatic heterocycles. The minimum Gasteiger partial charge on any atom is -0.461 e. The highest BCUT2D eigenvalue weighted by Crippen LogP contribution is 2.68. The van der Waals surface area contributed by atoms with Crippen LogP contribution < -0.4 is 5.32 Å². The summed E-state index contributed by atoms with van der Waals surface area (Å²) in [6.45, 7) is 17.1. The summed E-state index contributed by atoms with van der Waals surface area (Å²) in [4.78, 5) is 27.1. The van der Waals surface area contributed by atoms with Crippen molar-refractivity contribution >= 4 is 23.5 Å². The van der Waals surface area contributed by atoms with E-state index in [0.29, 0.717) is 35.8 Å². The van der Waals surface area contributed by atoms with Crippen LogP contribution in [0.25, 0.3) is 0 Å². The standard InChI is InChI=1S/C33H55NO5S/c1-8-31(6)17-27(32(7)21(4)12-14-33(22(5)30(31)38)15-13-26(36)29(32)33)39-28(37)19-40-24-11-9-10-23(16-24)34-25(18-35)20(2)3/h8,20-25,27,29-30,34-35,38H,1,9-19H2,2-7H3/t21-,22+,23?,24?,25?,27-,29+,30+,31-,32+,33?/m1/s1. The first-order chi connectivity index (χ1) is 18.8. The average Bonchev–Trinajstić information content (AvgIpc) is 3.29. The van der Waals surface area contributed by atoms with Gasteiger partial charge in [0, 0.05) is 40.5 Å². The fourth-order valence-corrected chi connectivity index (χ4v) is 10.2. The molecular formula is C33H55NO5S. The molecule has 4 fully saturated rings. The van der Waals surface area contributed by atoms with E-state index in [-0.39, 0.29) is 47.6 Å². The average molecular weight is 578 g/mol. The van der Waals surface area contributed by atoms with Crippen LogP contribution in [0.1, 0.15) is 99.3 Å². The largest absolute Gasteiger partial charge is 0.461 e. The highest BCUT2D eigenvalue weighted by molar-refractivity contribution is 8.00. The Morgan fingerprint density at radius 2 is 1.95 bits per heavy atom. The molecule has 40 heavy (non-hydrogen) atoms. The molecule has 4 unspecified atom stereocenters. The monoisotopic (exact) mass is 577 g/mol. The molecule has 228 valence electrons. The summed E-state index contributed by atoms with van der Waals surface area (Å²) in [5.74, 6) is 0.742. The molecule has 0 aliphatic heterocycles. The highest BCUT2D eigenvalue weighted by Gasteiger charge is 2.68. The van der Waals surface area contributed by atoms with Gasteiger partial charge in [-0.1, -0.05) is 54.0 Å². The van der Waals surface area contributed by atoms with Crippen molar-refractivity contribution < 1.29 is 24.5 Å². The molecule has 2 bridgehead atoms. The minimum atomic E-state index is -0.646. The Hall–Kier alpha value is -0.890. The van der Waals surface area contributed by atoms with Crippen molar-refractivity contribution in [3.05, 3.63) is 12.7 Å². The summed E-state index contributed by atoms with van der Waals surface area (Å²) in [7, 11) is 0. The molecule has 11 atom stereocenters. The lowest BCUT2D eigenvalue weighted by Crippen LogP contribution is -2.63. The summed E-state index contributed by atoms with van der Waals surface area (Å²) in [5.41, 5.74) is -1.34. The van der Waals surface area contributed by atoms with Gasteiger partial charge in [0.05, 0.1) is 18.5 Å². The van der Waals surface area contributed by atoms with Gasteiger partial charge < -0.3 is 20.3 Å². The van der Waals surface area contributed by atoms with Crippen molar-refractivity contribution in [2.24, 2.45) is 39.9 Å². The van der Waals surface area contributed by atoms with Gasteiger partial charge in [0.2, 0.25) is 0 Å². The van der Waals surface area contributed by atoms with E-state index < -0.39 is 23.0 Å². The van der Waals surface area contributed by atoms with Gasteiger partial charge in [-0.15, -0.1) is 18.3 Å². The molecule has 0 spiro atoms. The molecule has 4 saturated carbocycles. The minimum absolute atomic E-state index is 0.0278. The summed E-state index contributed by atoms with van der Waals surface area (Å²) in [6, 6.07) is 0.451. The Morgan fingerprint density at radius 1 is 1.23 bits per heavy atom. The Balaban J connectivity index is 1.50. The van der Waals surface area contributed by atoms with Crippen LogP contribution in [0.4, 0.5) is 0 Å². The molecule has 4 aliphatic rings. The first kappa shape index (κ1) is 32.0. The van der Waals surface area contributed by atoms with Gasteiger partial charge in [0.25, 0.3) is 0 Å². The van der Waals surface area contributed by atoms with Crippen LogP contribution in [0, 0.1) is 39.9 Å². The number of ketones is 1. The van der Waals surface area contributed by atoms with Crippen molar-refractivity contribution in [1.29, 1.82) is 0 Å². The fourth-order valence-electron chi connectivity index (χ4n) is 9.09. The van der Waals surface area contributed by atoms with Crippen LogP contribution in [0.5, 0.6) is 0 Å². The molecule has 3 N–H and O–H groups in total. The number of rotatable bonds is 9. The molecule has 7 heteroatoms. The van der Waals surface area contributed by atoms with Crippen molar-refractivity contribution in [1.82, 2.24) is 5.32 Å². The van der Waals surface area contributed by atoms with Crippen molar-refractivity contribution in [2.45, 2.75) is 129 Å². The second kappa shape index (κ2) is 12.4. The first-order valence-electron chi connectivity index (χ1n) is 15.8. The highest BCUT2D eigenvalue weighted by atomic mass is 32.2. The number of nitrogens with one attached hydrogen (secondary N) is 1. The zero-order chi connectivity index (χ0) is 29.5. The van der Waals surface area contributed by atoms with Crippen LogP contribution >= 0.6 is 11.8 Å². The number of hydrogen-bond donors (Lipinski definition) is 3. The summed E-state index contributed by atoms with van der Waals surface area (Å²) in [6.07, 6.45) is 8.78. The zero-order valence-electron chi connectivity index (χ0n) is 25.8. The maximum absolute atomic E-state index is 13.6. The summed E-state index contributed by atoms with van der Waals surface area (Å²) in [5, 5.41) is 25.5. The molecule has 4 aliphatic carbocycles. The van der Waals surface area contributed by atoms with Gasteiger partial charge in [-0.25, -0.2) is 0 Å². The number of Topliss-reactive ketones (excluding diaryl/α,β-unsaturated/α-hetero) is 1. The number of carbonyl (C=O) groups is 2. The molecule has 0 heterocycles. The molecule has 0 saturated heterocycles. The van der Waals surface area contributed by atoms with Gasteiger partial charge >= 0.3 is 5.97 Å². The van der Waals surface area contributed by atoms with Crippen LogP contribution in [0.3, 0.4) is 0 Å². The Labute approximate surface area is 246 Å². The molecule has 4 rings (SSSR count). The van der Waals surface area contributed by atoms with E-state index in [1.165, 1.54) is 0 Å². The molecule has 0 aromatic rings. The Kier molecular flexibility index (Phi) is 9.91. The Bertz CT molecular complexity index is 942. The molecule has 0 aromatic carbocycles. The number of carbonyl (C=O) groups excluding carboxylic acids is 2. The maximum atomic E-state index is 13.6. The van der Waals surface area contributed by atoms with Crippen molar-refractivity contribution in [3.8, 4) is 0 Å². The van der Waals surface area contributed by atoms with Crippen LogP contribution in [-0.4, -0.2) is 63.9 Å². The van der Waals surface area contributed by atoms with Crippen LogP contribution in [-0.2, 0) is 14.3 Å². The predicted molar refractivity (Wildman–Crippen MR) is 162 cm³/mol. The lowest BCUT2D eigenvalue weighted by atomic mass is 9.44. The van der Waals surface area contributed by atoms with E-state index in [1.807, 2.05) is 13.0 Å². The van der Waals surface area contributed by atoms with E-state index in [2.05, 4.69) is 46.5 Å². The van der Waals surface area contributed by atoms with E-state index in [1.54, 1.807) is 11.8 Å². The second-order valence-electron chi connectivity index (χ2n) is 14.6. The molecule has 6 nitrogen and oxygen atoms in total. The normalized spacial score (nSPS) is 44.4. The number of aliphatic hydroxyl groups is 2. The van der Waals surface area contributed by atoms with Gasteiger partial charge in [-0.3, -0.25) is 9.59 Å². The molecular weight excluding hydrogens is 522 g/mol. The van der Waals surface area contributed by atoms with E-state index in [4.69, 9.17) is 4.74 Å². The fraction of sp³-hybridized carbons (Fsp3) is 0.879. The lowest BCUT2D eigenvalue weighted by Gasteiger charge is -2.61. The SMILES string of the molecule is C=C[C@]1(C)C[C@@H](OC(=O)CSC2CCCC(NC(CO)C(C)C)C2)[C@]2(C)[C@H](C)CCC3(CCC(=O)[C@H]32)[C@@H](C)[C@@H]1O. The van der Waals surface area contributed by atoms with Gasteiger partial charge in [-0.05, 0) is 68.1 Å². The van der Waals surface area contributed by atoms with Crippen LogP contribution in [0.2, 0.25) is 0 Å². The zero-order valence-corrected chi connectivity index (χ0v) is 26.6. The molecule has 0 radical (unpaired) electrons. The second-order valence-corrected chi connectivity index (χ2v) is 15.8. The third kappa shape index (κ3) is 5.70. The van der Waals surface area contributed by atoms with Crippen LogP contribution in [0.15, 0.2) is 12.7 Å². The third-order valence-electron chi connectivity index (χ3n) is 12.1. The third-order valence-corrected chi connectivity index (χ3v) is 13.4. The number of esters is 1. The van der Waals surface area contributed by atoms with Crippen molar-refractivity contribution in [2.75, 3.05) is 12.4 Å². The lowest BCUT2D eigenvalue weighted by molar-refractivity contribution is -0.205. The summed E-state index contributed by atoms with van der Waals surface area (Å²) < 4.78 is 6.43. The predicted octanol–water partition coefficient (Wildman–Crippen LogP) is 5.54. The van der Waals surface area contributed by atoms with Gasteiger partial charge in [0.1, 0.15) is 11.9 Å². The van der Waals surface area contributed by atoms with Gasteiger partial charge in [-0.2, -0.15) is 0 Å². The smallest absolute Gasteiger partial charge is 0.316 e. The summed E-state index contributed by atoms with van der Waals surface area (Å²) >= 11 is 1.69. The van der Waals surface area contributed by atoms with Crippen molar-refractivity contribution in [3.63, 3.8) is 0 Å². The van der Waals surface area contributed by atoms with E-state index in [0.717, 1.165) is 44.9 Å². The number of hydrogen-bond acceptors (Lipinski definition) is 7. The Morgan fingerprint density at radius 3 is 2.60 bits per heavy atom. The quantitative estimate of drug-likeness (QED) is 0.244. The molecule has 0 amide bonds. The van der Waals surface area contributed by atoms with E-state index >= 15 is 0 Å². The topological polar surface area (TPSA) is 95.9 Å². The maximum Gasteiger partial charge on any atom is 0.316 e. The van der Waals surface area contributed by atoms with Gasteiger partial charge in [0.15, 0.2) is 0 Å². The first-order valence-corrected chi connectivity index (χ1v) is 16.9. The number of aliphatic hydroxyl groups excluding tert-OH is 2. The number of ether oxygens (including phenoxy) is 1. The van der Waals surface area contributed by atoms with E-state index in [9.17, 15) is 19.8 Å². The number of thioether (sulfide) groups is 1.